The van der Waals surface area contributed by atoms with Crippen LogP contribution in [0, 0.1) is 5.92 Å². The molecule has 8 atom stereocenters. The van der Waals surface area contributed by atoms with Crippen molar-refractivity contribution in [2.45, 2.75) is 126 Å². The van der Waals surface area contributed by atoms with Crippen LogP contribution in [0.1, 0.15) is 76.2 Å². The first kappa shape index (κ1) is 33.5. The highest BCUT2D eigenvalue weighted by molar-refractivity contribution is 6.20. The van der Waals surface area contributed by atoms with Gasteiger partial charge >= 0.3 is 0 Å². The average molecular weight is 701 g/mol. The Kier molecular flexibility index (Phi) is 9.17. The molecule has 2 N–H and O–H groups in total. The minimum atomic E-state index is -1.26. The van der Waals surface area contributed by atoms with Gasteiger partial charge in [0.1, 0.15) is 6.17 Å². The number of aromatic amines is 1. The second kappa shape index (κ2) is 13.9. The van der Waals surface area contributed by atoms with Crippen LogP contribution in [0.2, 0.25) is 0 Å². The number of para-hydroxylation sites is 1. The Hall–Kier alpha value is -3.28. The number of H-pyrrole nitrogens is 1. The van der Waals surface area contributed by atoms with E-state index in [4.69, 9.17) is 4.74 Å². The summed E-state index contributed by atoms with van der Waals surface area (Å²) in [4.78, 5) is 53.6. The van der Waals surface area contributed by atoms with Crippen LogP contribution in [0.4, 0.5) is 4.39 Å². The molecule has 6 fully saturated rings. The van der Waals surface area contributed by atoms with Crippen LogP contribution in [-0.4, -0.2) is 130 Å². The number of hydrogen-bond acceptors (Lipinski definition) is 7. The van der Waals surface area contributed by atoms with Gasteiger partial charge in [0.2, 0.25) is 5.91 Å². The number of rotatable bonds is 7. The summed E-state index contributed by atoms with van der Waals surface area (Å²) in [7, 11) is 0. The predicted molar refractivity (Wildman–Crippen MR) is 192 cm³/mol. The number of hydrogen-bond donors (Lipinski definition) is 2. The molecule has 0 spiro atoms. The number of carbonyl (C=O) groups is 3. The van der Waals surface area contributed by atoms with Crippen molar-refractivity contribution >= 4 is 28.5 Å². The minimum Gasteiger partial charge on any atom is -0.369 e. The lowest BCUT2D eigenvalue weighted by Crippen LogP contribution is -2.73. The van der Waals surface area contributed by atoms with Gasteiger partial charge in [0.25, 0.3) is 5.91 Å². The summed E-state index contributed by atoms with van der Waals surface area (Å²) in [5, 5.41) is 4.38. The molecule has 9 rings (SSSR count). The summed E-state index contributed by atoms with van der Waals surface area (Å²) in [5.74, 6) is -0.959. The maximum atomic E-state index is 16.6. The summed E-state index contributed by atoms with van der Waals surface area (Å²) < 4.78 is 23.5. The molecular formula is C40H53FN6O4. The van der Waals surface area contributed by atoms with Gasteiger partial charge in [-0.1, -0.05) is 31.0 Å². The summed E-state index contributed by atoms with van der Waals surface area (Å²) in [5.41, 5.74) is 2.46. The highest BCUT2D eigenvalue weighted by atomic mass is 19.1. The molecule has 7 aliphatic rings. The van der Waals surface area contributed by atoms with Crippen LogP contribution in [0.15, 0.2) is 42.2 Å². The number of ether oxygens (including phenoxy) is 1. The molecule has 2 saturated carbocycles. The normalized spacial score (nSPS) is 34.8. The monoisotopic (exact) mass is 700 g/mol. The van der Waals surface area contributed by atoms with Gasteiger partial charge in [-0.15, -0.1) is 0 Å². The van der Waals surface area contributed by atoms with Crippen molar-refractivity contribution in [2.75, 3.05) is 39.3 Å². The quantitative estimate of drug-likeness (QED) is 0.422. The van der Waals surface area contributed by atoms with E-state index in [-0.39, 0.29) is 53.8 Å². The lowest BCUT2D eigenvalue weighted by Gasteiger charge is -2.60. The number of nitrogens with one attached hydrogen (secondary N) is 2. The number of halogens is 1. The fourth-order valence-electron chi connectivity index (χ4n) is 10.9. The zero-order chi connectivity index (χ0) is 34.6. The molecule has 2 aromatic rings. The average Bonchev–Trinajstić information content (AvgIpc) is 3.94. The van der Waals surface area contributed by atoms with Gasteiger partial charge in [0.05, 0.1) is 35.9 Å². The van der Waals surface area contributed by atoms with Crippen LogP contribution in [0.25, 0.3) is 10.9 Å². The number of morpholine rings is 1. The molecule has 274 valence electrons. The predicted octanol–water partition coefficient (Wildman–Crippen LogP) is 3.95. The van der Waals surface area contributed by atoms with E-state index in [1.54, 1.807) is 0 Å². The number of aryl methyl sites for hydroxylation is 1. The van der Waals surface area contributed by atoms with Crippen LogP contribution in [0.3, 0.4) is 0 Å². The van der Waals surface area contributed by atoms with Gasteiger partial charge in [-0.25, -0.2) is 4.39 Å². The number of ketones is 1. The molecule has 51 heavy (non-hydrogen) atoms. The van der Waals surface area contributed by atoms with Gasteiger partial charge in [-0.05, 0) is 82.5 Å². The molecule has 0 bridgehead atoms. The Morgan fingerprint density at radius 2 is 1.73 bits per heavy atom. The molecule has 1 aromatic carbocycles. The van der Waals surface area contributed by atoms with Gasteiger partial charge in [0.15, 0.2) is 5.78 Å². The number of carbonyl (C=O) groups excluding carboxylic acids is 3. The second-order valence-corrected chi connectivity index (χ2v) is 16.4. The topological polar surface area (TPSA) is 101 Å². The standard InChI is InChI=1S/C40H53FN6O4/c41-31-21-29-36-39(37(31)46-18-13-26(23-46)43-35(48)12-11-25-22-42-32-8-2-1-7-28(25)32)51-34-10-4-3-9-33(34)47(36)24-30(38(29)49)40(50)45-19-14-27(15-20-45)44-16-5-6-17-44/h1-2,7-8,22,24,26-27,29,31,33-34,36-37,39,42H,3-6,9-21,23H2,(H,43,48). The van der Waals surface area contributed by atoms with Crippen molar-refractivity contribution in [3.05, 3.63) is 47.8 Å². The zero-order valence-corrected chi connectivity index (χ0v) is 29.7. The largest absolute Gasteiger partial charge is 0.369 e. The number of amides is 2. The van der Waals surface area contributed by atoms with Crippen LogP contribution in [-0.2, 0) is 25.5 Å². The molecular weight excluding hydrogens is 647 g/mol. The molecule has 2 amide bonds. The lowest BCUT2D eigenvalue weighted by molar-refractivity contribution is -0.210. The third-order valence-electron chi connectivity index (χ3n) is 13.5. The van der Waals surface area contributed by atoms with Crippen LogP contribution >= 0.6 is 0 Å². The molecule has 1 aromatic heterocycles. The van der Waals surface area contributed by atoms with E-state index < -0.39 is 24.2 Å². The molecule has 0 radical (unpaired) electrons. The Bertz CT molecular complexity index is 1660. The number of benzene rings is 1. The number of Topliss-reactive ketones (excluding diaryl/α,β-unsaturated/α-hetero) is 1. The van der Waals surface area contributed by atoms with E-state index in [9.17, 15) is 14.4 Å². The van der Waals surface area contributed by atoms with E-state index in [1.165, 1.54) is 12.8 Å². The smallest absolute Gasteiger partial charge is 0.258 e. The number of nitrogens with zero attached hydrogens (tertiary/aromatic N) is 4. The molecule has 10 nitrogen and oxygen atoms in total. The molecule has 8 unspecified atom stereocenters. The lowest BCUT2D eigenvalue weighted by atomic mass is 9.69. The Labute approximate surface area is 300 Å². The number of alkyl halides is 1. The second-order valence-electron chi connectivity index (χ2n) is 16.4. The third kappa shape index (κ3) is 6.20. The van der Waals surface area contributed by atoms with E-state index in [2.05, 4.69) is 31.1 Å². The first-order valence-corrected chi connectivity index (χ1v) is 19.9. The molecule has 5 aliphatic heterocycles. The van der Waals surface area contributed by atoms with Gasteiger partial charge in [-0.2, -0.15) is 0 Å². The fourth-order valence-corrected chi connectivity index (χ4v) is 10.9. The summed E-state index contributed by atoms with van der Waals surface area (Å²) >= 11 is 0. The van der Waals surface area contributed by atoms with Crippen LogP contribution in [0.5, 0.6) is 0 Å². The summed E-state index contributed by atoms with van der Waals surface area (Å²) in [6.45, 7) is 4.87. The SMILES string of the molecule is O=C(CCc1c[nH]c2ccccc12)NC1CCN(C2C(F)CC3C(=O)C(C(=O)N4CCC(N5CCCC5)CC4)=CN4C5CCCCC5OC2C34)C1. The minimum absolute atomic E-state index is 0.0123. The Morgan fingerprint density at radius 1 is 0.922 bits per heavy atom. The zero-order valence-electron chi connectivity index (χ0n) is 29.7. The molecule has 4 saturated heterocycles. The Morgan fingerprint density at radius 3 is 2.57 bits per heavy atom. The molecule has 11 heteroatoms. The van der Waals surface area contributed by atoms with E-state index in [0.717, 1.165) is 74.5 Å². The number of piperidine rings is 1. The fraction of sp³-hybridized carbons (Fsp3) is 0.675. The van der Waals surface area contributed by atoms with Crippen molar-refractivity contribution in [3.63, 3.8) is 0 Å². The molecule has 6 heterocycles. The van der Waals surface area contributed by atoms with Crippen LogP contribution < -0.4 is 5.32 Å². The maximum Gasteiger partial charge on any atom is 0.258 e. The number of fused-ring (bicyclic) bond motifs is 3. The number of likely N-dealkylation sites (tertiary alicyclic amines) is 3. The first-order chi connectivity index (χ1) is 24.9. The van der Waals surface area contributed by atoms with Crippen molar-refractivity contribution in [2.24, 2.45) is 5.92 Å². The van der Waals surface area contributed by atoms with Crippen molar-refractivity contribution in [1.82, 2.24) is 29.9 Å². The van der Waals surface area contributed by atoms with Gasteiger partial charge < -0.3 is 29.7 Å². The van der Waals surface area contributed by atoms with Gasteiger partial charge in [-0.3, -0.25) is 19.3 Å². The molecule has 2 aliphatic carbocycles. The van der Waals surface area contributed by atoms with Crippen molar-refractivity contribution in [1.29, 1.82) is 0 Å². The maximum absolute atomic E-state index is 16.6. The highest BCUT2D eigenvalue weighted by Gasteiger charge is 2.60. The van der Waals surface area contributed by atoms with Crippen molar-refractivity contribution in [3.8, 4) is 0 Å². The highest BCUT2D eigenvalue weighted by Crippen LogP contribution is 2.47. The Balaban J connectivity index is 0.886. The van der Waals surface area contributed by atoms with E-state index in [0.29, 0.717) is 45.1 Å². The third-order valence-corrected chi connectivity index (χ3v) is 13.5. The van der Waals surface area contributed by atoms with E-state index in [1.807, 2.05) is 35.5 Å². The van der Waals surface area contributed by atoms with Crippen molar-refractivity contribution < 1.29 is 23.5 Å². The summed E-state index contributed by atoms with van der Waals surface area (Å²) in [6.07, 6.45) is 12.4. The number of aromatic nitrogens is 1. The van der Waals surface area contributed by atoms with E-state index >= 15 is 4.39 Å². The first-order valence-electron chi connectivity index (χ1n) is 19.9. The van der Waals surface area contributed by atoms with Gasteiger partial charge in [0, 0.05) is 73.9 Å². The summed E-state index contributed by atoms with van der Waals surface area (Å²) in [6, 6.07) is 7.92.